The Morgan fingerprint density at radius 3 is 2.80 bits per heavy atom. The molecule has 1 spiro atoms. The van der Waals surface area contributed by atoms with Crippen LogP contribution in [0.2, 0.25) is 0 Å². The minimum absolute atomic E-state index is 0.0546. The van der Waals surface area contributed by atoms with Crippen molar-refractivity contribution in [2.24, 2.45) is 0 Å². The van der Waals surface area contributed by atoms with Crippen LogP contribution in [0.25, 0.3) is 0 Å². The predicted molar refractivity (Wildman–Crippen MR) is 115 cm³/mol. The lowest BCUT2D eigenvalue weighted by Gasteiger charge is -2.40. The molecule has 160 valence electrons. The minimum atomic E-state index is -0.0546. The van der Waals surface area contributed by atoms with Crippen molar-refractivity contribution >= 4 is 11.9 Å². The maximum Gasteiger partial charge on any atom is 0.227 e. The van der Waals surface area contributed by atoms with E-state index in [4.69, 9.17) is 14.5 Å². The largest absolute Gasteiger partial charge is 0.497 e. The summed E-state index contributed by atoms with van der Waals surface area (Å²) < 4.78 is 10.7. The molecule has 7 nitrogen and oxygen atoms in total. The van der Waals surface area contributed by atoms with E-state index in [1.807, 2.05) is 48.3 Å². The molecule has 2 aliphatic rings. The van der Waals surface area contributed by atoms with Crippen LogP contribution in [0.4, 0.5) is 5.95 Å². The molecule has 1 aromatic carbocycles. The summed E-state index contributed by atoms with van der Waals surface area (Å²) in [4.78, 5) is 26.5. The molecule has 1 unspecified atom stereocenters. The average molecular weight is 411 g/mol. The van der Waals surface area contributed by atoms with Crippen molar-refractivity contribution < 1.29 is 14.3 Å². The number of piperidine rings is 1. The molecule has 7 heteroatoms. The molecule has 1 atom stereocenters. The zero-order valence-corrected chi connectivity index (χ0v) is 18.3. The standard InChI is InChI=1S/C23H30N4O3/c1-26(2)22-24-14-17-8-10-23(21(17)25-22)9-5-11-27(15-23)20(28)12-16-6-7-18(29-3)13-19(16)30-4/h6-7,13-14H,5,8-12,15H2,1-4H3. The Labute approximate surface area is 178 Å². The van der Waals surface area contributed by atoms with E-state index in [1.165, 1.54) is 5.56 Å². The Kier molecular flexibility index (Phi) is 5.54. The van der Waals surface area contributed by atoms with Crippen LogP contribution in [0.3, 0.4) is 0 Å². The highest BCUT2D eigenvalue weighted by atomic mass is 16.5. The number of nitrogens with zero attached hydrogens (tertiary/aromatic N) is 4. The van der Waals surface area contributed by atoms with Crippen LogP contribution in [-0.4, -0.2) is 62.2 Å². The van der Waals surface area contributed by atoms with Crippen molar-refractivity contribution in [1.82, 2.24) is 14.9 Å². The van der Waals surface area contributed by atoms with Crippen molar-refractivity contribution in [2.75, 3.05) is 46.3 Å². The van der Waals surface area contributed by atoms with Crippen molar-refractivity contribution in [2.45, 2.75) is 37.5 Å². The molecule has 1 aromatic heterocycles. The summed E-state index contributed by atoms with van der Waals surface area (Å²) in [5.41, 5.74) is 3.19. The highest BCUT2D eigenvalue weighted by Crippen LogP contribution is 2.44. The van der Waals surface area contributed by atoms with Gasteiger partial charge in [0.05, 0.1) is 26.3 Å². The van der Waals surface area contributed by atoms with Crippen LogP contribution in [0.15, 0.2) is 24.4 Å². The number of carbonyl (C=O) groups is 1. The summed E-state index contributed by atoms with van der Waals surface area (Å²) >= 11 is 0. The van der Waals surface area contributed by atoms with E-state index in [9.17, 15) is 4.79 Å². The van der Waals surface area contributed by atoms with E-state index in [0.29, 0.717) is 12.2 Å². The zero-order valence-electron chi connectivity index (χ0n) is 18.3. The molecular formula is C23H30N4O3. The van der Waals surface area contributed by atoms with Gasteiger partial charge in [-0.1, -0.05) is 6.07 Å². The molecular weight excluding hydrogens is 380 g/mol. The number of benzene rings is 1. The van der Waals surface area contributed by atoms with Crippen LogP contribution >= 0.6 is 0 Å². The first-order valence-corrected chi connectivity index (χ1v) is 10.5. The van der Waals surface area contributed by atoms with Gasteiger partial charge in [0.1, 0.15) is 11.5 Å². The molecule has 0 radical (unpaired) electrons. The van der Waals surface area contributed by atoms with Gasteiger partial charge in [0.15, 0.2) is 0 Å². The third-order valence-corrected chi connectivity index (χ3v) is 6.39. The molecule has 1 aliphatic carbocycles. The molecule has 0 saturated carbocycles. The van der Waals surface area contributed by atoms with E-state index in [2.05, 4.69) is 4.98 Å². The normalized spacial score (nSPS) is 20.2. The van der Waals surface area contributed by atoms with Gasteiger partial charge in [-0.15, -0.1) is 0 Å². The van der Waals surface area contributed by atoms with E-state index >= 15 is 0 Å². The van der Waals surface area contributed by atoms with E-state index in [0.717, 1.165) is 61.7 Å². The maximum atomic E-state index is 13.2. The number of carbonyl (C=O) groups excluding carboxylic acids is 1. The third kappa shape index (κ3) is 3.68. The number of hydrogen-bond donors (Lipinski definition) is 0. The summed E-state index contributed by atoms with van der Waals surface area (Å²) in [5, 5.41) is 0. The van der Waals surface area contributed by atoms with Crippen LogP contribution < -0.4 is 14.4 Å². The van der Waals surface area contributed by atoms with E-state index in [1.54, 1.807) is 14.2 Å². The van der Waals surface area contributed by atoms with Gasteiger partial charge in [0, 0.05) is 50.4 Å². The first kappa shape index (κ1) is 20.4. The number of aromatic nitrogens is 2. The smallest absolute Gasteiger partial charge is 0.227 e. The quantitative estimate of drug-likeness (QED) is 0.755. The summed E-state index contributed by atoms with van der Waals surface area (Å²) in [6.07, 6.45) is 6.37. The Morgan fingerprint density at radius 1 is 1.23 bits per heavy atom. The lowest BCUT2D eigenvalue weighted by Crippen LogP contribution is -2.48. The van der Waals surface area contributed by atoms with Gasteiger partial charge < -0.3 is 19.3 Å². The molecule has 1 aliphatic heterocycles. The number of likely N-dealkylation sites (tertiary alicyclic amines) is 1. The van der Waals surface area contributed by atoms with E-state index < -0.39 is 0 Å². The Morgan fingerprint density at radius 2 is 2.07 bits per heavy atom. The number of fused-ring (bicyclic) bond motifs is 2. The highest BCUT2D eigenvalue weighted by molar-refractivity contribution is 5.80. The number of methoxy groups -OCH3 is 2. The van der Waals surface area contributed by atoms with Crippen molar-refractivity contribution in [3.05, 3.63) is 41.2 Å². The predicted octanol–water partition coefficient (Wildman–Crippen LogP) is 2.61. The summed E-state index contributed by atoms with van der Waals surface area (Å²) in [5.74, 6) is 2.28. The molecule has 30 heavy (non-hydrogen) atoms. The van der Waals surface area contributed by atoms with Gasteiger partial charge in [0.2, 0.25) is 11.9 Å². The Balaban J connectivity index is 1.54. The number of ether oxygens (including phenoxy) is 2. The molecule has 0 N–H and O–H groups in total. The Hall–Kier alpha value is -2.83. The fraction of sp³-hybridized carbons (Fsp3) is 0.522. The van der Waals surface area contributed by atoms with Crippen LogP contribution in [-0.2, 0) is 23.1 Å². The summed E-state index contributed by atoms with van der Waals surface area (Å²) in [6, 6.07) is 5.61. The molecule has 1 fully saturated rings. The number of anilines is 1. The highest BCUT2D eigenvalue weighted by Gasteiger charge is 2.44. The van der Waals surface area contributed by atoms with Gasteiger partial charge in [-0.3, -0.25) is 4.79 Å². The maximum absolute atomic E-state index is 13.2. The van der Waals surface area contributed by atoms with Crippen molar-refractivity contribution in [1.29, 1.82) is 0 Å². The second-order valence-electron chi connectivity index (χ2n) is 8.49. The van der Waals surface area contributed by atoms with Crippen LogP contribution in [0.1, 0.15) is 36.1 Å². The number of aryl methyl sites for hydroxylation is 1. The SMILES string of the molecule is COc1ccc(CC(=O)N2CCCC3(CCc4cnc(N(C)C)nc43)C2)c(OC)c1. The molecule has 1 amide bonds. The topological polar surface area (TPSA) is 67.8 Å². The minimum Gasteiger partial charge on any atom is -0.497 e. The molecule has 2 heterocycles. The lowest BCUT2D eigenvalue weighted by atomic mass is 9.77. The fourth-order valence-electron chi connectivity index (χ4n) is 4.76. The average Bonchev–Trinajstić information content (AvgIpc) is 3.11. The molecule has 2 aromatic rings. The molecule has 1 saturated heterocycles. The van der Waals surface area contributed by atoms with Gasteiger partial charge in [-0.05, 0) is 37.3 Å². The Bertz CT molecular complexity index is 942. The number of amides is 1. The third-order valence-electron chi connectivity index (χ3n) is 6.39. The monoisotopic (exact) mass is 410 g/mol. The molecule has 0 bridgehead atoms. The first-order chi connectivity index (χ1) is 14.5. The lowest BCUT2D eigenvalue weighted by molar-refractivity contribution is -0.132. The van der Waals surface area contributed by atoms with Crippen molar-refractivity contribution in [3.63, 3.8) is 0 Å². The second-order valence-corrected chi connectivity index (χ2v) is 8.49. The number of hydrogen-bond acceptors (Lipinski definition) is 6. The van der Waals surface area contributed by atoms with Crippen LogP contribution in [0.5, 0.6) is 11.5 Å². The number of rotatable bonds is 5. The second kappa shape index (κ2) is 8.13. The molecule has 4 rings (SSSR count). The first-order valence-electron chi connectivity index (χ1n) is 10.5. The van der Waals surface area contributed by atoms with Gasteiger partial charge in [-0.25, -0.2) is 9.97 Å². The van der Waals surface area contributed by atoms with Gasteiger partial charge in [0.25, 0.3) is 0 Å². The van der Waals surface area contributed by atoms with E-state index in [-0.39, 0.29) is 11.3 Å². The summed E-state index contributed by atoms with van der Waals surface area (Å²) in [6.45, 7) is 1.52. The zero-order chi connectivity index (χ0) is 21.3. The van der Waals surface area contributed by atoms with Gasteiger partial charge in [-0.2, -0.15) is 0 Å². The van der Waals surface area contributed by atoms with Crippen molar-refractivity contribution in [3.8, 4) is 11.5 Å². The summed E-state index contributed by atoms with van der Waals surface area (Å²) in [7, 11) is 7.16. The fourth-order valence-corrected chi connectivity index (χ4v) is 4.76. The van der Waals surface area contributed by atoms with Gasteiger partial charge >= 0.3 is 0 Å². The van der Waals surface area contributed by atoms with Crippen LogP contribution in [0, 0.1) is 0 Å².